The number of aryl methyl sites for hydroxylation is 1. The first kappa shape index (κ1) is 18.0. The Morgan fingerprint density at radius 1 is 1.35 bits per heavy atom. The molecule has 0 saturated heterocycles. The molecule has 0 spiro atoms. The Labute approximate surface area is 150 Å². The van der Waals surface area contributed by atoms with Gasteiger partial charge in [0.25, 0.3) is 5.91 Å². The SMILES string of the molecule is CCc1oc(C(=O)Nc2cccc3c2CCN3S(C)(=O)=O)cc1C(=O)O. The standard InChI is InChI=1S/C17H18N2O6S/c1-3-14-11(17(21)22)9-15(25-14)16(20)18-12-5-4-6-13-10(12)7-8-19(13)26(2,23)24/h4-6,9H,3,7-8H2,1-2H3,(H,18,20)(H,21,22). The molecular formula is C17H18N2O6S. The predicted octanol–water partition coefficient (Wildman–Crippen LogP) is 2.11. The third-order valence-corrected chi connectivity index (χ3v) is 5.40. The Bertz CT molecular complexity index is 993. The van der Waals surface area contributed by atoms with Gasteiger partial charge < -0.3 is 14.8 Å². The number of carbonyl (C=O) groups is 2. The van der Waals surface area contributed by atoms with Crippen molar-refractivity contribution in [1.29, 1.82) is 0 Å². The maximum atomic E-state index is 12.5. The number of amides is 1. The van der Waals surface area contributed by atoms with Crippen LogP contribution in [0.25, 0.3) is 0 Å². The van der Waals surface area contributed by atoms with E-state index in [1.807, 2.05) is 0 Å². The lowest BCUT2D eigenvalue weighted by Crippen LogP contribution is -2.27. The van der Waals surface area contributed by atoms with Crippen LogP contribution in [0.15, 0.2) is 28.7 Å². The van der Waals surface area contributed by atoms with Crippen molar-refractivity contribution in [2.45, 2.75) is 19.8 Å². The summed E-state index contributed by atoms with van der Waals surface area (Å²) in [5.41, 5.74) is 1.68. The Balaban J connectivity index is 1.90. The summed E-state index contributed by atoms with van der Waals surface area (Å²) in [6.07, 6.45) is 1.95. The lowest BCUT2D eigenvalue weighted by atomic mass is 10.1. The molecule has 0 saturated carbocycles. The number of hydrogen-bond donors (Lipinski definition) is 2. The van der Waals surface area contributed by atoms with Crippen LogP contribution in [0.3, 0.4) is 0 Å². The van der Waals surface area contributed by atoms with Crippen LogP contribution in [0.1, 0.15) is 39.2 Å². The van der Waals surface area contributed by atoms with Crippen LogP contribution in [0.5, 0.6) is 0 Å². The van der Waals surface area contributed by atoms with Crippen LogP contribution in [0.4, 0.5) is 11.4 Å². The fourth-order valence-corrected chi connectivity index (χ4v) is 3.99. The molecule has 0 fully saturated rings. The summed E-state index contributed by atoms with van der Waals surface area (Å²) in [7, 11) is -3.39. The average molecular weight is 378 g/mol. The largest absolute Gasteiger partial charge is 0.478 e. The van der Waals surface area contributed by atoms with E-state index in [4.69, 9.17) is 9.52 Å². The van der Waals surface area contributed by atoms with Gasteiger partial charge in [-0.3, -0.25) is 9.10 Å². The van der Waals surface area contributed by atoms with Crippen molar-refractivity contribution in [3.05, 3.63) is 46.9 Å². The molecule has 1 aliphatic heterocycles. The molecule has 0 unspecified atom stereocenters. The molecule has 8 nitrogen and oxygen atoms in total. The van der Waals surface area contributed by atoms with E-state index >= 15 is 0 Å². The van der Waals surface area contributed by atoms with Gasteiger partial charge in [-0.1, -0.05) is 13.0 Å². The number of rotatable bonds is 5. The van der Waals surface area contributed by atoms with Crippen LogP contribution in [-0.4, -0.2) is 38.2 Å². The summed E-state index contributed by atoms with van der Waals surface area (Å²) in [6.45, 7) is 2.04. The van der Waals surface area contributed by atoms with E-state index < -0.39 is 21.9 Å². The second kappa shape index (κ2) is 6.49. The minimum absolute atomic E-state index is 0.0424. The molecule has 1 aliphatic rings. The lowest BCUT2D eigenvalue weighted by molar-refractivity contribution is 0.0694. The summed E-state index contributed by atoms with van der Waals surface area (Å²) in [5.74, 6) is -1.62. The highest BCUT2D eigenvalue weighted by Gasteiger charge is 2.29. The van der Waals surface area contributed by atoms with Crippen LogP contribution >= 0.6 is 0 Å². The van der Waals surface area contributed by atoms with E-state index in [2.05, 4.69) is 5.32 Å². The minimum atomic E-state index is -3.39. The van der Waals surface area contributed by atoms with Crippen molar-refractivity contribution in [3.63, 3.8) is 0 Å². The number of aromatic carboxylic acids is 1. The topological polar surface area (TPSA) is 117 Å². The van der Waals surface area contributed by atoms with E-state index in [1.54, 1.807) is 25.1 Å². The number of carbonyl (C=O) groups excluding carboxylic acids is 1. The zero-order valence-electron chi connectivity index (χ0n) is 14.3. The van der Waals surface area contributed by atoms with E-state index in [1.165, 1.54) is 10.4 Å². The van der Waals surface area contributed by atoms with Gasteiger partial charge >= 0.3 is 5.97 Å². The van der Waals surface area contributed by atoms with Gasteiger partial charge in [0.2, 0.25) is 10.0 Å². The molecule has 0 bridgehead atoms. The molecule has 138 valence electrons. The second-order valence-corrected chi connectivity index (χ2v) is 7.86. The number of sulfonamides is 1. The number of fused-ring (bicyclic) bond motifs is 1. The monoisotopic (exact) mass is 378 g/mol. The Morgan fingerprint density at radius 3 is 2.65 bits per heavy atom. The molecule has 2 heterocycles. The number of furan rings is 1. The number of benzene rings is 1. The minimum Gasteiger partial charge on any atom is -0.478 e. The number of nitrogens with one attached hydrogen (secondary N) is 1. The van der Waals surface area contributed by atoms with Gasteiger partial charge in [-0.15, -0.1) is 0 Å². The maximum absolute atomic E-state index is 12.5. The quantitative estimate of drug-likeness (QED) is 0.823. The van der Waals surface area contributed by atoms with Crippen molar-refractivity contribution in [1.82, 2.24) is 0 Å². The maximum Gasteiger partial charge on any atom is 0.339 e. The molecule has 0 atom stereocenters. The molecular weight excluding hydrogens is 360 g/mol. The fourth-order valence-electron chi connectivity index (χ4n) is 3.03. The van der Waals surface area contributed by atoms with E-state index in [9.17, 15) is 18.0 Å². The molecule has 9 heteroatoms. The van der Waals surface area contributed by atoms with Crippen LogP contribution in [0.2, 0.25) is 0 Å². The van der Waals surface area contributed by atoms with Crippen molar-refractivity contribution >= 4 is 33.3 Å². The summed E-state index contributed by atoms with van der Waals surface area (Å²) in [5, 5.41) is 11.8. The molecule has 2 N–H and O–H groups in total. The third kappa shape index (κ3) is 3.17. The highest BCUT2D eigenvalue weighted by atomic mass is 32.2. The van der Waals surface area contributed by atoms with Crippen LogP contribution < -0.4 is 9.62 Å². The summed E-state index contributed by atoms with van der Waals surface area (Å²) >= 11 is 0. The highest BCUT2D eigenvalue weighted by molar-refractivity contribution is 7.92. The Hall–Kier alpha value is -2.81. The number of carboxylic acid groups (broad SMARTS) is 1. The van der Waals surface area contributed by atoms with Gasteiger partial charge in [0.1, 0.15) is 11.3 Å². The van der Waals surface area contributed by atoms with Crippen LogP contribution in [0, 0.1) is 0 Å². The molecule has 1 aromatic heterocycles. The van der Waals surface area contributed by atoms with E-state index in [0.717, 1.165) is 6.26 Å². The first-order valence-electron chi connectivity index (χ1n) is 7.99. The molecule has 0 aliphatic carbocycles. The first-order valence-corrected chi connectivity index (χ1v) is 9.84. The Morgan fingerprint density at radius 2 is 2.08 bits per heavy atom. The van der Waals surface area contributed by atoms with Crippen molar-refractivity contribution in [2.24, 2.45) is 0 Å². The van der Waals surface area contributed by atoms with Gasteiger partial charge in [-0.25, -0.2) is 13.2 Å². The number of hydrogen-bond acceptors (Lipinski definition) is 5. The Kier molecular flexibility index (Phi) is 4.49. The number of carboxylic acids is 1. The zero-order valence-corrected chi connectivity index (χ0v) is 15.1. The molecule has 2 aromatic rings. The van der Waals surface area contributed by atoms with Gasteiger partial charge in [0.15, 0.2) is 5.76 Å². The van der Waals surface area contributed by atoms with Gasteiger partial charge in [0.05, 0.1) is 11.9 Å². The highest BCUT2D eigenvalue weighted by Crippen LogP contribution is 2.35. The van der Waals surface area contributed by atoms with Gasteiger partial charge in [-0.05, 0) is 18.6 Å². The van der Waals surface area contributed by atoms with Gasteiger partial charge in [-0.2, -0.15) is 0 Å². The molecule has 1 amide bonds. The lowest BCUT2D eigenvalue weighted by Gasteiger charge is -2.17. The van der Waals surface area contributed by atoms with Crippen molar-refractivity contribution in [3.8, 4) is 0 Å². The molecule has 0 radical (unpaired) electrons. The smallest absolute Gasteiger partial charge is 0.339 e. The second-order valence-electron chi connectivity index (χ2n) is 5.95. The zero-order chi connectivity index (χ0) is 19.1. The van der Waals surface area contributed by atoms with E-state index in [-0.39, 0.29) is 17.1 Å². The number of nitrogens with zero attached hydrogens (tertiary/aromatic N) is 1. The summed E-state index contributed by atoms with van der Waals surface area (Å²) < 4.78 is 30.4. The molecule has 1 aromatic carbocycles. The summed E-state index contributed by atoms with van der Waals surface area (Å²) in [4.78, 5) is 23.7. The third-order valence-electron chi connectivity index (χ3n) is 4.22. The molecule has 26 heavy (non-hydrogen) atoms. The van der Waals surface area contributed by atoms with Gasteiger partial charge in [0, 0.05) is 30.3 Å². The first-order chi connectivity index (χ1) is 12.2. The van der Waals surface area contributed by atoms with Crippen molar-refractivity contribution in [2.75, 3.05) is 22.4 Å². The fraction of sp³-hybridized carbons (Fsp3) is 0.294. The normalized spacial score (nSPS) is 13.5. The van der Waals surface area contributed by atoms with Crippen molar-refractivity contribution < 1.29 is 27.5 Å². The predicted molar refractivity (Wildman–Crippen MR) is 95.3 cm³/mol. The summed E-state index contributed by atoms with van der Waals surface area (Å²) in [6, 6.07) is 6.21. The van der Waals surface area contributed by atoms with E-state index in [0.29, 0.717) is 36.3 Å². The number of anilines is 2. The van der Waals surface area contributed by atoms with Crippen LogP contribution in [-0.2, 0) is 22.9 Å². The molecule has 3 rings (SSSR count). The average Bonchev–Trinajstić information content (AvgIpc) is 3.19.